The molecule has 0 aliphatic heterocycles. The first-order valence-corrected chi connectivity index (χ1v) is 5.72. The van der Waals surface area contributed by atoms with Gasteiger partial charge in [-0.2, -0.15) is 0 Å². The van der Waals surface area contributed by atoms with Gasteiger partial charge in [0.15, 0.2) is 0 Å². The highest BCUT2D eigenvalue weighted by molar-refractivity contribution is 5.74. The van der Waals surface area contributed by atoms with E-state index in [2.05, 4.69) is 0 Å². The van der Waals surface area contributed by atoms with E-state index in [1.54, 1.807) is 0 Å². The molecule has 2 N–H and O–H groups in total. The van der Waals surface area contributed by atoms with Crippen LogP contribution in [0, 0.1) is 23.5 Å². The molecule has 0 heterocycles. The molecule has 1 amide bonds. The minimum absolute atomic E-state index is 0.0278. The number of primary amides is 1. The van der Waals surface area contributed by atoms with Crippen molar-refractivity contribution in [1.82, 2.24) is 0 Å². The number of carbonyl (C=O) groups is 1. The second kappa shape index (κ2) is 4.43. The third-order valence-electron chi connectivity index (χ3n) is 3.45. The zero-order chi connectivity index (χ0) is 12.6. The molecular weight excluding hydrogens is 224 g/mol. The third-order valence-corrected chi connectivity index (χ3v) is 3.45. The van der Waals surface area contributed by atoms with Crippen molar-refractivity contribution in [3.8, 4) is 0 Å². The first-order valence-electron chi connectivity index (χ1n) is 5.72. The summed E-state index contributed by atoms with van der Waals surface area (Å²) in [6, 6.07) is 3.51. The second-order valence-electron chi connectivity index (χ2n) is 4.82. The van der Waals surface area contributed by atoms with E-state index in [0.29, 0.717) is 12.0 Å². The van der Waals surface area contributed by atoms with E-state index in [1.165, 1.54) is 6.07 Å². The van der Waals surface area contributed by atoms with Crippen molar-refractivity contribution < 1.29 is 13.6 Å². The Balaban J connectivity index is 2.07. The number of nitrogens with two attached hydrogens (primary N) is 1. The molecule has 0 aromatic heterocycles. The Kier molecular flexibility index (Phi) is 3.13. The van der Waals surface area contributed by atoms with Crippen molar-refractivity contribution >= 4 is 5.91 Å². The fourth-order valence-electron chi connectivity index (χ4n) is 2.47. The van der Waals surface area contributed by atoms with Gasteiger partial charge in [0, 0.05) is 6.42 Å². The van der Waals surface area contributed by atoms with Crippen LogP contribution in [0.25, 0.3) is 0 Å². The average Bonchev–Trinajstić information content (AvgIpc) is 3.00. The molecule has 4 heteroatoms. The number of amides is 1. The Labute approximate surface area is 98.8 Å². The smallest absolute Gasteiger partial charge is 0.217 e. The maximum Gasteiger partial charge on any atom is 0.217 e. The summed E-state index contributed by atoms with van der Waals surface area (Å²) in [5.74, 6) is -0.748. The molecule has 3 atom stereocenters. The van der Waals surface area contributed by atoms with E-state index < -0.39 is 5.82 Å². The highest BCUT2D eigenvalue weighted by Crippen LogP contribution is 2.53. The van der Waals surface area contributed by atoms with Gasteiger partial charge < -0.3 is 5.73 Å². The molecule has 0 bridgehead atoms. The minimum Gasteiger partial charge on any atom is -0.370 e. The van der Waals surface area contributed by atoms with Crippen LogP contribution in [0.4, 0.5) is 8.78 Å². The molecule has 17 heavy (non-hydrogen) atoms. The van der Waals surface area contributed by atoms with Gasteiger partial charge in [0.05, 0.1) is 0 Å². The lowest BCUT2D eigenvalue weighted by Crippen LogP contribution is -2.16. The van der Waals surface area contributed by atoms with E-state index >= 15 is 0 Å². The number of benzene rings is 1. The Morgan fingerprint density at radius 3 is 2.88 bits per heavy atom. The summed E-state index contributed by atoms with van der Waals surface area (Å²) in [7, 11) is 0. The van der Waals surface area contributed by atoms with Crippen LogP contribution >= 0.6 is 0 Å². The van der Waals surface area contributed by atoms with Crippen molar-refractivity contribution in [1.29, 1.82) is 0 Å². The third kappa shape index (κ3) is 2.62. The van der Waals surface area contributed by atoms with Gasteiger partial charge in [0.1, 0.15) is 11.6 Å². The molecule has 1 fully saturated rings. The molecule has 1 aliphatic rings. The summed E-state index contributed by atoms with van der Waals surface area (Å²) in [6.45, 7) is 1.92. The maximum atomic E-state index is 13.5. The fraction of sp³-hybridized carbons (Fsp3) is 0.462. The number of hydrogen-bond donors (Lipinski definition) is 1. The largest absolute Gasteiger partial charge is 0.370 e. The first-order chi connectivity index (χ1) is 7.99. The van der Waals surface area contributed by atoms with Crippen molar-refractivity contribution in [3.05, 3.63) is 35.4 Å². The highest BCUT2D eigenvalue weighted by Gasteiger charge is 2.43. The van der Waals surface area contributed by atoms with Gasteiger partial charge in [-0.3, -0.25) is 4.79 Å². The summed E-state index contributed by atoms with van der Waals surface area (Å²) in [6.07, 6.45) is 1.10. The molecule has 1 aromatic carbocycles. The van der Waals surface area contributed by atoms with Crippen LogP contribution < -0.4 is 5.73 Å². The normalized spacial score (nSPS) is 24.4. The molecule has 0 spiro atoms. The highest BCUT2D eigenvalue weighted by atomic mass is 19.1. The number of rotatable bonds is 4. The average molecular weight is 239 g/mol. The minimum atomic E-state index is -0.422. The molecule has 92 valence electrons. The Morgan fingerprint density at radius 1 is 1.53 bits per heavy atom. The lowest BCUT2D eigenvalue weighted by molar-refractivity contribution is -0.118. The van der Waals surface area contributed by atoms with Crippen LogP contribution in [0.1, 0.15) is 31.2 Å². The number of hydrogen-bond acceptors (Lipinski definition) is 1. The standard InChI is InChI=1S/C13H15F2NO/c1-7(4-13(16)17)9-6-10(9)11-5-8(14)2-3-12(11)15/h2-3,5,7,9-10H,4,6H2,1H3,(H2,16,17). The molecule has 0 saturated heterocycles. The monoisotopic (exact) mass is 239 g/mol. The van der Waals surface area contributed by atoms with Gasteiger partial charge in [-0.05, 0) is 47.9 Å². The summed E-state index contributed by atoms with van der Waals surface area (Å²) < 4.78 is 26.5. The number of carbonyl (C=O) groups excluding carboxylic acids is 1. The van der Waals surface area contributed by atoms with Crippen LogP contribution in [0.2, 0.25) is 0 Å². The molecule has 2 nitrogen and oxygen atoms in total. The van der Waals surface area contributed by atoms with Crippen LogP contribution in [-0.2, 0) is 4.79 Å². The van der Waals surface area contributed by atoms with E-state index in [4.69, 9.17) is 5.73 Å². The molecule has 1 aromatic rings. The van der Waals surface area contributed by atoms with E-state index in [0.717, 1.165) is 18.6 Å². The zero-order valence-corrected chi connectivity index (χ0v) is 9.62. The van der Waals surface area contributed by atoms with E-state index in [9.17, 15) is 13.6 Å². The molecular formula is C13H15F2NO. The van der Waals surface area contributed by atoms with Gasteiger partial charge in [-0.15, -0.1) is 0 Å². The van der Waals surface area contributed by atoms with Crippen molar-refractivity contribution in [2.75, 3.05) is 0 Å². The molecule has 0 radical (unpaired) electrons. The topological polar surface area (TPSA) is 43.1 Å². The SMILES string of the molecule is CC(CC(N)=O)C1CC1c1cc(F)ccc1F. The van der Waals surface area contributed by atoms with Crippen LogP contribution in [0.15, 0.2) is 18.2 Å². The summed E-state index contributed by atoms with van der Waals surface area (Å²) in [5.41, 5.74) is 5.55. The molecule has 3 unspecified atom stereocenters. The first kappa shape index (κ1) is 12.0. The molecule has 1 aliphatic carbocycles. The lowest BCUT2D eigenvalue weighted by Gasteiger charge is -2.09. The lowest BCUT2D eigenvalue weighted by atomic mass is 9.97. The van der Waals surface area contributed by atoms with E-state index in [1.807, 2.05) is 6.92 Å². The van der Waals surface area contributed by atoms with Gasteiger partial charge in [0.2, 0.25) is 5.91 Å². The van der Waals surface area contributed by atoms with Crippen molar-refractivity contribution in [3.63, 3.8) is 0 Å². The fourth-order valence-corrected chi connectivity index (χ4v) is 2.47. The van der Waals surface area contributed by atoms with Crippen molar-refractivity contribution in [2.24, 2.45) is 17.6 Å². The summed E-state index contributed by atoms with van der Waals surface area (Å²) in [4.78, 5) is 10.8. The van der Waals surface area contributed by atoms with Gasteiger partial charge in [-0.1, -0.05) is 6.92 Å². The Morgan fingerprint density at radius 2 is 2.24 bits per heavy atom. The second-order valence-corrected chi connectivity index (χ2v) is 4.82. The van der Waals surface area contributed by atoms with Gasteiger partial charge in [0.25, 0.3) is 0 Å². The molecule has 1 saturated carbocycles. The van der Waals surface area contributed by atoms with Crippen molar-refractivity contribution in [2.45, 2.75) is 25.7 Å². The molecule has 2 rings (SSSR count). The van der Waals surface area contributed by atoms with Gasteiger partial charge >= 0.3 is 0 Å². The Hall–Kier alpha value is -1.45. The summed E-state index contributed by atoms with van der Waals surface area (Å²) >= 11 is 0. The Bertz CT molecular complexity index is 447. The quantitative estimate of drug-likeness (QED) is 0.862. The predicted molar refractivity (Wildman–Crippen MR) is 60.2 cm³/mol. The number of halogens is 2. The van der Waals surface area contributed by atoms with Gasteiger partial charge in [-0.25, -0.2) is 8.78 Å². The van der Waals surface area contributed by atoms with Crippen LogP contribution in [0.3, 0.4) is 0 Å². The predicted octanol–water partition coefficient (Wildman–Crippen LogP) is 2.58. The summed E-state index contributed by atoms with van der Waals surface area (Å²) in [5, 5.41) is 0. The maximum absolute atomic E-state index is 13.5. The zero-order valence-electron chi connectivity index (χ0n) is 9.62. The van der Waals surface area contributed by atoms with Crippen LogP contribution in [-0.4, -0.2) is 5.91 Å². The van der Waals surface area contributed by atoms with E-state index in [-0.39, 0.29) is 29.5 Å². The van der Waals surface area contributed by atoms with Crippen LogP contribution in [0.5, 0.6) is 0 Å².